The van der Waals surface area contributed by atoms with Gasteiger partial charge in [-0.2, -0.15) is 4.31 Å². The van der Waals surface area contributed by atoms with Crippen LogP contribution in [-0.4, -0.2) is 48.4 Å². The highest BCUT2D eigenvalue weighted by Gasteiger charge is 2.40. The Morgan fingerprint density at radius 3 is 2.52 bits per heavy atom. The normalized spacial score (nSPS) is 17.1. The van der Waals surface area contributed by atoms with Crippen molar-refractivity contribution >= 4 is 27.6 Å². The third-order valence-corrected chi connectivity index (χ3v) is 7.30. The molecule has 1 saturated heterocycles. The number of ether oxygens (including phenoxy) is 1. The zero-order valence-electron chi connectivity index (χ0n) is 18.3. The average Bonchev–Trinajstić information content (AvgIpc) is 3.36. The average molecular weight is 448 g/mol. The van der Waals surface area contributed by atoms with Crippen LogP contribution in [0.2, 0.25) is 0 Å². The summed E-state index contributed by atoms with van der Waals surface area (Å²) in [5, 5.41) is 2.83. The Kier molecular flexibility index (Phi) is 6.86. The summed E-state index contributed by atoms with van der Waals surface area (Å²) in [6.45, 7) is 6.30. The van der Waals surface area contributed by atoms with Crippen molar-refractivity contribution in [1.82, 2.24) is 8.87 Å². The van der Waals surface area contributed by atoms with Gasteiger partial charge in [0.25, 0.3) is 0 Å². The Bertz CT molecular complexity index is 1060. The smallest absolute Gasteiger partial charge is 0.354 e. The highest BCUT2D eigenvalue weighted by Crippen LogP contribution is 2.28. The SMILES string of the molecule is CCOC(=O)c1cc(S(=O)(=O)N2CCCC2C(=O)Nc2ccc(C(C)C)cc2)cn1C. The number of amides is 1. The number of carbonyl (C=O) groups excluding carboxylic acids is 2. The maximum atomic E-state index is 13.2. The number of aromatic nitrogens is 1. The Hall–Kier alpha value is -2.65. The van der Waals surface area contributed by atoms with Crippen LogP contribution in [-0.2, 0) is 26.6 Å². The molecule has 1 N–H and O–H groups in total. The van der Waals surface area contributed by atoms with Gasteiger partial charge in [-0.25, -0.2) is 13.2 Å². The first-order valence-electron chi connectivity index (χ1n) is 10.4. The van der Waals surface area contributed by atoms with E-state index in [1.807, 2.05) is 24.3 Å². The van der Waals surface area contributed by atoms with Crippen molar-refractivity contribution in [2.45, 2.75) is 50.5 Å². The molecule has 0 spiro atoms. The quantitative estimate of drug-likeness (QED) is 0.658. The van der Waals surface area contributed by atoms with Crippen LogP contribution in [0.3, 0.4) is 0 Å². The first-order chi connectivity index (χ1) is 14.6. The van der Waals surface area contributed by atoms with Crippen LogP contribution >= 0.6 is 0 Å². The number of rotatable bonds is 7. The molecule has 0 radical (unpaired) electrons. The predicted molar refractivity (Wildman–Crippen MR) is 117 cm³/mol. The first-order valence-corrected chi connectivity index (χ1v) is 11.8. The summed E-state index contributed by atoms with van der Waals surface area (Å²) in [5.41, 5.74) is 1.93. The van der Waals surface area contributed by atoms with Gasteiger partial charge in [0.2, 0.25) is 15.9 Å². The van der Waals surface area contributed by atoms with E-state index in [4.69, 9.17) is 4.74 Å². The van der Waals surface area contributed by atoms with E-state index >= 15 is 0 Å². The molecule has 1 fully saturated rings. The molecule has 2 heterocycles. The summed E-state index contributed by atoms with van der Waals surface area (Å²) in [7, 11) is -2.37. The summed E-state index contributed by atoms with van der Waals surface area (Å²) >= 11 is 0. The van der Waals surface area contributed by atoms with Gasteiger partial charge in [0, 0.05) is 25.5 Å². The van der Waals surface area contributed by atoms with Gasteiger partial charge in [0.05, 0.1) is 6.61 Å². The van der Waals surface area contributed by atoms with Crippen molar-refractivity contribution in [1.29, 1.82) is 0 Å². The second-order valence-corrected chi connectivity index (χ2v) is 9.82. The van der Waals surface area contributed by atoms with Gasteiger partial charge in [0.15, 0.2) is 0 Å². The van der Waals surface area contributed by atoms with Gasteiger partial charge in [-0.15, -0.1) is 0 Å². The topological polar surface area (TPSA) is 97.7 Å². The van der Waals surface area contributed by atoms with Crippen molar-refractivity contribution in [3.05, 3.63) is 47.8 Å². The Morgan fingerprint density at radius 2 is 1.90 bits per heavy atom. The molecule has 1 atom stereocenters. The molecule has 9 heteroatoms. The highest BCUT2D eigenvalue weighted by molar-refractivity contribution is 7.89. The molecule has 1 aromatic carbocycles. The highest BCUT2D eigenvalue weighted by atomic mass is 32.2. The van der Waals surface area contributed by atoms with Gasteiger partial charge in [-0.3, -0.25) is 4.79 Å². The molecule has 3 rings (SSSR count). The van der Waals surface area contributed by atoms with Crippen LogP contribution < -0.4 is 5.32 Å². The fourth-order valence-electron chi connectivity index (χ4n) is 3.69. The summed E-state index contributed by atoms with van der Waals surface area (Å²) in [5.74, 6) is -0.572. The van der Waals surface area contributed by atoms with E-state index in [2.05, 4.69) is 19.2 Å². The number of hydrogen-bond acceptors (Lipinski definition) is 5. The van der Waals surface area contributed by atoms with Gasteiger partial charge in [0.1, 0.15) is 16.6 Å². The maximum absolute atomic E-state index is 13.2. The molecule has 168 valence electrons. The van der Waals surface area contributed by atoms with E-state index in [-0.39, 0.29) is 29.6 Å². The van der Waals surface area contributed by atoms with Crippen LogP contribution in [0.1, 0.15) is 55.6 Å². The summed E-state index contributed by atoms with van der Waals surface area (Å²) in [6.07, 6.45) is 2.40. The summed E-state index contributed by atoms with van der Waals surface area (Å²) < 4.78 is 34.1. The number of esters is 1. The molecule has 1 aromatic heterocycles. The second kappa shape index (κ2) is 9.23. The minimum absolute atomic E-state index is 0.0287. The second-order valence-electron chi connectivity index (χ2n) is 7.93. The molecular weight excluding hydrogens is 418 g/mol. The van der Waals surface area contributed by atoms with Crippen LogP contribution in [0.5, 0.6) is 0 Å². The summed E-state index contributed by atoms with van der Waals surface area (Å²) in [4.78, 5) is 24.9. The minimum Gasteiger partial charge on any atom is -0.461 e. The Balaban J connectivity index is 1.79. The number of carbonyl (C=O) groups is 2. The Labute approximate surface area is 183 Å². The lowest BCUT2D eigenvalue weighted by molar-refractivity contribution is -0.119. The number of sulfonamides is 1. The summed E-state index contributed by atoms with van der Waals surface area (Å²) in [6, 6.07) is 8.04. The standard InChI is InChI=1S/C22H29N3O5S/c1-5-30-22(27)20-13-18(14-24(20)4)31(28,29)25-12-6-7-19(25)21(26)23-17-10-8-16(9-11-17)15(2)3/h8-11,13-15,19H,5-7,12H2,1-4H3,(H,23,26). The predicted octanol–water partition coefficient (Wildman–Crippen LogP) is 3.12. The van der Waals surface area contributed by atoms with Crippen molar-refractivity contribution in [3.8, 4) is 0 Å². The van der Waals surface area contributed by atoms with Gasteiger partial charge >= 0.3 is 5.97 Å². The first kappa shape index (κ1) is 23.0. The van der Waals surface area contributed by atoms with Gasteiger partial charge in [-0.05, 0) is 49.4 Å². The van der Waals surface area contributed by atoms with Crippen molar-refractivity contribution in [2.24, 2.45) is 7.05 Å². The monoisotopic (exact) mass is 447 g/mol. The minimum atomic E-state index is -3.95. The van der Waals surface area contributed by atoms with Crippen molar-refractivity contribution < 1.29 is 22.7 Å². The van der Waals surface area contributed by atoms with Gasteiger partial charge in [-0.1, -0.05) is 26.0 Å². The molecule has 1 unspecified atom stereocenters. The lowest BCUT2D eigenvalue weighted by atomic mass is 10.0. The zero-order valence-corrected chi connectivity index (χ0v) is 19.1. The molecule has 1 aliphatic heterocycles. The van der Waals surface area contributed by atoms with Crippen LogP contribution in [0.4, 0.5) is 5.69 Å². The largest absolute Gasteiger partial charge is 0.461 e. The molecule has 0 saturated carbocycles. The number of anilines is 1. The van der Waals surface area contributed by atoms with E-state index in [0.717, 1.165) is 5.56 Å². The zero-order chi connectivity index (χ0) is 22.8. The third-order valence-electron chi connectivity index (χ3n) is 5.42. The third kappa shape index (κ3) is 4.83. The van der Waals surface area contributed by atoms with Crippen molar-refractivity contribution in [3.63, 3.8) is 0 Å². The van der Waals surface area contributed by atoms with Crippen LogP contribution in [0.15, 0.2) is 41.4 Å². The molecule has 1 amide bonds. The molecule has 1 aliphatic rings. The van der Waals surface area contributed by atoms with Gasteiger partial charge < -0.3 is 14.6 Å². The van der Waals surface area contributed by atoms with E-state index < -0.39 is 22.0 Å². The molecule has 2 aromatic rings. The Morgan fingerprint density at radius 1 is 1.23 bits per heavy atom. The molecule has 8 nitrogen and oxygen atoms in total. The number of nitrogens with one attached hydrogen (secondary N) is 1. The van der Waals surface area contributed by atoms with Crippen LogP contribution in [0.25, 0.3) is 0 Å². The number of aryl methyl sites for hydroxylation is 1. The lowest BCUT2D eigenvalue weighted by Gasteiger charge is -2.23. The van der Waals surface area contributed by atoms with E-state index in [0.29, 0.717) is 24.4 Å². The fourth-order valence-corrected chi connectivity index (χ4v) is 5.41. The van der Waals surface area contributed by atoms with E-state index in [9.17, 15) is 18.0 Å². The molecule has 0 bridgehead atoms. The molecular formula is C22H29N3O5S. The molecule has 0 aliphatic carbocycles. The molecule has 31 heavy (non-hydrogen) atoms. The number of nitrogens with zero attached hydrogens (tertiary/aromatic N) is 2. The fraction of sp³-hybridized carbons (Fsp3) is 0.455. The van der Waals surface area contributed by atoms with E-state index in [1.165, 1.54) is 21.1 Å². The maximum Gasteiger partial charge on any atom is 0.354 e. The lowest BCUT2D eigenvalue weighted by Crippen LogP contribution is -2.43. The van der Waals surface area contributed by atoms with Crippen molar-refractivity contribution in [2.75, 3.05) is 18.5 Å². The number of benzene rings is 1. The van der Waals surface area contributed by atoms with Crippen LogP contribution in [0, 0.1) is 0 Å². The number of hydrogen-bond donors (Lipinski definition) is 1. The van der Waals surface area contributed by atoms with E-state index in [1.54, 1.807) is 14.0 Å².